The van der Waals surface area contributed by atoms with Crippen molar-refractivity contribution in [2.24, 2.45) is 0 Å². The van der Waals surface area contributed by atoms with E-state index >= 15 is 0 Å². The molecule has 0 fully saturated rings. The first-order valence-electron chi connectivity index (χ1n) is 8.74. The number of aliphatic hydroxyl groups excluding tert-OH is 1. The van der Waals surface area contributed by atoms with Crippen LogP contribution in [-0.4, -0.2) is 77.9 Å². The lowest BCUT2D eigenvalue weighted by Crippen LogP contribution is -2.21. The van der Waals surface area contributed by atoms with E-state index in [2.05, 4.69) is 16.0 Å². The predicted molar refractivity (Wildman–Crippen MR) is 91.5 cm³/mol. The minimum absolute atomic E-state index is 0.263. The molecule has 0 heterocycles. The largest absolute Gasteiger partial charge is 0.396 e. The molecule has 0 saturated heterocycles. The summed E-state index contributed by atoms with van der Waals surface area (Å²) in [7, 11) is 1.96. The second-order valence-corrected chi connectivity index (χ2v) is 5.32. The van der Waals surface area contributed by atoms with Crippen molar-refractivity contribution in [2.75, 3.05) is 72.8 Å². The molecule has 134 valence electrons. The molecular weight excluding hydrogens is 282 g/mol. The van der Waals surface area contributed by atoms with E-state index in [4.69, 9.17) is 14.6 Å². The highest BCUT2D eigenvalue weighted by Crippen LogP contribution is 1.87. The quantitative estimate of drug-likeness (QED) is 0.258. The zero-order valence-electron chi connectivity index (χ0n) is 14.4. The van der Waals surface area contributed by atoms with Crippen molar-refractivity contribution in [3.8, 4) is 0 Å². The van der Waals surface area contributed by atoms with Crippen LogP contribution in [0, 0.1) is 0 Å². The van der Waals surface area contributed by atoms with Gasteiger partial charge < -0.3 is 30.5 Å². The van der Waals surface area contributed by atoms with Crippen LogP contribution < -0.4 is 16.0 Å². The molecule has 0 rings (SSSR count). The number of ether oxygens (including phenoxy) is 2. The standard InChI is InChI=1S/C16H37N3O3/c1-17-7-3-13-21-14-5-10-19-11-6-16-22-15-4-9-18-8-2-12-20/h17-20H,2-16H2,1H3. The second-order valence-electron chi connectivity index (χ2n) is 5.32. The van der Waals surface area contributed by atoms with E-state index in [9.17, 15) is 0 Å². The summed E-state index contributed by atoms with van der Waals surface area (Å²) in [4.78, 5) is 0. The van der Waals surface area contributed by atoms with Crippen molar-refractivity contribution in [1.82, 2.24) is 16.0 Å². The van der Waals surface area contributed by atoms with Gasteiger partial charge in [0.1, 0.15) is 0 Å². The first-order chi connectivity index (χ1) is 10.9. The molecule has 0 bridgehead atoms. The molecule has 6 heteroatoms. The lowest BCUT2D eigenvalue weighted by molar-refractivity contribution is 0.125. The van der Waals surface area contributed by atoms with Gasteiger partial charge in [-0.1, -0.05) is 0 Å². The summed E-state index contributed by atoms with van der Waals surface area (Å²) >= 11 is 0. The van der Waals surface area contributed by atoms with Gasteiger partial charge in [0.15, 0.2) is 0 Å². The van der Waals surface area contributed by atoms with Gasteiger partial charge in [-0.2, -0.15) is 0 Å². The smallest absolute Gasteiger partial charge is 0.0478 e. The first-order valence-corrected chi connectivity index (χ1v) is 8.74. The summed E-state index contributed by atoms with van der Waals surface area (Å²) < 4.78 is 11.1. The fourth-order valence-electron chi connectivity index (χ4n) is 1.91. The van der Waals surface area contributed by atoms with Gasteiger partial charge in [0.25, 0.3) is 0 Å². The molecule has 0 aliphatic carbocycles. The SMILES string of the molecule is CNCCCOCCCNCCCOCCCNCCCO. The van der Waals surface area contributed by atoms with Crippen LogP contribution in [0.15, 0.2) is 0 Å². The van der Waals surface area contributed by atoms with Crippen LogP contribution in [0.1, 0.15) is 32.1 Å². The molecule has 0 aromatic rings. The highest BCUT2D eigenvalue weighted by Gasteiger charge is 1.93. The zero-order valence-corrected chi connectivity index (χ0v) is 14.4. The van der Waals surface area contributed by atoms with Gasteiger partial charge in [-0.3, -0.25) is 0 Å². The zero-order chi connectivity index (χ0) is 16.1. The van der Waals surface area contributed by atoms with Gasteiger partial charge in [0.2, 0.25) is 0 Å². The van der Waals surface area contributed by atoms with E-state index in [1.165, 1.54) is 0 Å². The fraction of sp³-hybridized carbons (Fsp3) is 1.00. The van der Waals surface area contributed by atoms with Gasteiger partial charge in [-0.25, -0.2) is 0 Å². The third-order valence-electron chi connectivity index (χ3n) is 3.15. The lowest BCUT2D eigenvalue weighted by Gasteiger charge is -2.07. The normalized spacial score (nSPS) is 11.2. The predicted octanol–water partition coefficient (Wildman–Crippen LogP) is 0.361. The highest BCUT2D eigenvalue weighted by atomic mass is 16.5. The monoisotopic (exact) mass is 319 g/mol. The molecule has 0 aromatic carbocycles. The van der Waals surface area contributed by atoms with Crippen LogP contribution in [0.2, 0.25) is 0 Å². The number of hydrogen-bond donors (Lipinski definition) is 4. The Morgan fingerprint density at radius 3 is 1.45 bits per heavy atom. The maximum atomic E-state index is 8.62. The number of aliphatic hydroxyl groups is 1. The summed E-state index contributed by atoms with van der Waals surface area (Å²) in [6.45, 7) is 8.49. The second kappa shape index (κ2) is 20.8. The van der Waals surface area contributed by atoms with Gasteiger partial charge in [0.05, 0.1) is 0 Å². The molecule has 0 amide bonds. The Morgan fingerprint density at radius 1 is 0.636 bits per heavy atom. The Morgan fingerprint density at radius 2 is 1.05 bits per heavy atom. The maximum absolute atomic E-state index is 8.62. The molecule has 4 N–H and O–H groups in total. The van der Waals surface area contributed by atoms with Crippen molar-refractivity contribution in [3.05, 3.63) is 0 Å². The summed E-state index contributed by atoms with van der Waals surface area (Å²) in [5.74, 6) is 0. The van der Waals surface area contributed by atoms with Crippen LogP contribution >= 0.6 is 0 Å². The fourth-order valence-corrected chi connectivity index (χ4v) is 1.91. The molecule has 0 aliphatic rings. The van der Waals surface area contributed by atoms with Gasteiger partial charge >= 0.3 is 0 Å². The molecule has 0 atom stereocenters. The number of hydrogen-bond acceptors (Lipinski definition) is 6. The molecule has 0 unspecified atom stereocenters. The van der Waals surface area contributed by atoms with Crippen molar-refractivity contribution >= 4 is 0 Å². The third-order valence-corrected chi connectivity index (χ3v) is 3.15. The molecule has 22 heavy (non-hydrogen) atoms. The van der Waals surface area contributed by atoms with E-state index < -0.39 is 0 Å². The van der Waals surface area contributed by atoms with Gasteiger partial charge in [-0.05, 0) is 71.9 Å². The lowest BCUT2D eigenvalue weighted by atomic mass is 10.4. The van der Waals surface area contributed by atoms with Crippen molar-refractivity contribution in [3.63, 3.8) is 0 Å². The Hall–Kier alpha value is -0.240. The molecule has 0 radical (unpaired) electrons. The minimum Gasteiger partial charge on any atom is -0.396 e. The van der Waals surface area contributed by atoms with Crippen LogP contribution in [0.5, 0.6) is 0 Å². The average molecular weight is 319 g/mol. The summed E-state index contributed by atoms with van der Waals surface area (Å²) in [5, 5.41) is 18.4. The van der Waals surface area contributed by atoms with E-state index in [-0.39, 0.29) is 6.61 Å². The van der Waals surface area contributed by atoms with Crippen molar-refractivity contribution in [2.45, 2.75) is 32.1 Å². The summed E-state index contributed by atoms with van der Waals surface area (Å²) in [5.41, 5.74) is 0. The van der Waals surface area contributed by atoms with Crippen LogP contribution in [0.25, 0.3) is 0 Å². The van der Waals surface area contributed by atoms with Crippen LogP contribution in [-0.2, 0) is 9.47 Å². The first kappa shape index (κ1) is 21.8. The topological polar surface area (TPSA) is 74.8 Å². The Bertz CT molecular complexity index is 177. The highest BCUT2D eigenvalue weighted by molar-refractivity contribution is 4.50. The molecule has 0 saturated carbocycles. The van der Waals surface area contributed by atoms with Crippen LogP contribution in [0.4, 0.5) is 0 Å². The Kier molecular flexibility index (Phi) is 20.5. The number of nitrogens with one attached hydrogen (secondary N) is 3. The van der Waals surface area contributed by atoms with Crippen LogP contribution in [0.3, 0.4) is 0 Å². The third kappa shape index (κ3) is 19.8. The molecule has 6 nitrogen and oxygen atoms in total. The maximum Gasteiger partial charge on any atom is 0.0478 e. The van der Waals surface area contributed by atoms with Crippen molar-refractivity contribution < 1.29 is 14.6 Å². The average Bonchev–Trinajstić information content (AvgIpc) is 2.54. The molecular formula is C16H37N3O3. The van der Waals surface area contributed by atoms with E-state index in [1.807, 2.05) is 7.05 Å². The van der Waals surface area contributed by atoms with E-state index in [1.54, 1.807) is 0 Å². The molecule has 0 spiro atoms. The minimum atomic E-state index is 0.263. The molecule has 0 aliphatic heterocycles. The number of rotatable bonds is 19. The van der Waals surface area contributed by atoms with Gasteiger partial charge in [-0.15, -0.1) is 0 Å². The summed E-state index contributed by atoms with van der Waals surface area (Å²) in [6, 6.07) is 0. The Balaban J connectivity index is 2.91. The van der Waals surface area contributed by atoms with Gasteiger partial charge in [0, 0.05) is 33.0 Å². The summed E-state index contributed by atoms with van der Waals surface area (Å²) in [6.07, 6.45) is 5.07. The molecule has 0 aromatic heterocycles. The van der Waals surface area contributed by atoms with Crippen molar-refractivity contribution in [1.29, 1.82) is 0 Å². The van der Waals surface area contributed by atoms with E-state index in [0.717, 1.165) is 91.3 Å². The van der Waals surface area contributed by atoms with E-state index in [0.29, 0.717) is 0 Å². The Labute approximate surface area is 136 Å².